The quantitative estimate of drug-likeness (QED) is 0.844. The van der Waals surface area contributed by atoms with Gasteiger partial charge in [-0.15, -0.1) is 0 Å². The monoisotopic (exact) mass is 297 g/mol. The van der Waals surface area contributed by atoms with Crippen LogP contribution < -0.4 is 5.32 Å². The molecule has 3 heteroatoms. The second-order valence-corrected chi connectivity index (χ2v) is 5.99. The number of amides is 1. The molecule has 0 saturated carbocycles. The number of alkyl halides is 1. The predicted octanol–water partition coefficient (Wildman–Crippen LogP) is 3.68. The van der Waals surface area contributed by atoms with E-state index >= 15 is 0 Å². The average molecular weight is 298 g/mol. The van der Waals surface area contributed by atoms with Crippen molar-refractivity contribution in [3.05, 3.63) is 35.9 Å². The van der Waals surface area contributed by atoms with Crippen LogP contribution in [0, 0.1) is 5.41 Å². The highest BCUT2D eigenvalue weighted by Gasteiger charge is 2.21. The van der Waals surface area contributed by atoms with Gasteiger partial charge >= 0.3 is 0 Å². The fourth-order valence-electron chi connectivity index (χ4n) is 1.78. The van der Waals surface area contributed by atoms with E-state index in [0.717, 1.165) is 12.0 Å². The molecule has 1 rings (SSSR count). The highest BCUT2D eigenvalue weighted by Crippen LogP contribution is 2.29. The van der Waals surface area contributed by atoms with Gasteiger partial charge in [-0.25, -0.2) is 0 Å². The van der Waals surface area contributed by atoms with Crippen molar-refractivity contribution >= 4 is 21.8 Å². The average Bonchev–Trinajstić information content (AvgIpc) is 2.27. The molecule has 94 valence electrons. The van der Waals surface area contributed by atoms with Gasteiger partial charge in [-0.3, -0.25) is 4.79 Å². The van der Waals surface area contributed by atoms with Crippen molar-refractivity contribution in [1.29, 1.82) is 0 Å². The lowest BCUT2D eigenvalue weighted by Crippen LogP contribution is -2.31. The lowest BCUT2D eigenvalue weighted by atomic mass is 9.85. The van der Waals surface area contributed by atoms with Crippen LogP contribution in [0.5, 0.6) is 0 Å². The Morgan fingerprint density at radius 1 is 1.29 bits per heavy atom. The molecular weight excluding hydrogens is 278 g/mol. The number of carbonyl (C=O) groups excluding carboxylic acids is 1. The number of benzene rings is 1. The zero-order valence-electron chi connectivity index (χ0n) is 10.7. The second-order valence-electron chi connectivity index (χ2n) is 5.43. The molecule has 0 fully saturated rings. The van der Waals surface area contributed by atoms with Crippen molar-refractivity contribution < 1.29 is 4.79 Å². The van der Waals surface area contributed by atoms with Gasteiger partial charge in [0.15, 0.2) is 0 Å². The molecule has 0 heterocycles. The molecule has 17 heavy (non-hydrogen) atoms. The van der Waals surface area contributed by atoms with Crippen molar-refractivity contribution in [1.82, 2.24) is 5.32 Å². The molecule has 0 aliphatic rings. The summed E-state index contributed by atoms with van der Waals surface area (Å²) in [4.78, 5) is 11.5. The van der Waals surface area contributed by atoms with Crippen LogP contribution >= 0.6 is 15.9 Å². The molecule has 0 radical (unpaired) electrons. The molecule has 1 aromatic rings. The first-order valence-corrected chi connectivity index (χ1v) is 6.95. The molecule has 1 atom stereocenters. The van der Waals surface area contributed by atoms with Crippen molar-refractivity contribution in [2.24, 2.45) is 5.41 Å². The largest absolute Gasteiger partial charge is 0.349 e. The lowest BCUT2D eigenvalue weighted by molar-refractivity contribution is -0.119. The van der Waals surface area contributed by atoms with Gasteiger partial charge in [-0.1, -0.05) is 67.0 Å². The smallest absolute Gasteiger partial charge is 0.231 e. The first-order valence-electron chi connectivity index (χ1n) is 5.82. The third-order valence-corrected chi connectivity index (χ3v) is 2.98. The Morgan fingerprint density at radius 3 is 2.35 bits per heavy atom. The highest BCUT2D eigenvalue weighted by molar-refractivity contribution is 9.09. The van der Waals surface area contributed by atoms with Gasteiger partial charge in [0.05, 0.1) is 11.4 Å². The Morgan fingerprint density at radius 2 is 1.88 bits per heavy atom. The topological polar surface area (TPSA) is 29.1 Å². The summed E-state index contributed by atoms with van der Waals surface area (Å²) in [5.41, 5.74) is 1.34. The number of hydrogen-bond donors (Lipinski definition) is 1. The molecular formula is C14H20BrNO. The minimum Gasteiger partial charge on any atom is -0.349 e. The Bertz CT molecular complexity index is 356. The maximum Gasteiger partial charge on any atom is 0.231 e. The summed E-state index contributed by atoms with van der Waals surface area (Å²) in [6.07, 6.45) is 0.926. The van der Waals surface area contributed by atoms with E-state index in [0.29, 0.717) is 5.33 Å². The van der Waals surface area contributed by atoms with E-state index in [-0.39, 0.29) is 17.4 Å². The Kier molecular flexibility index (Phi) is 5.19. The highest BCUT2D eigenvalue weighted by atomic mass is 79.9. The summed E-state index contributed by atoms with van der Waals surface area (Å²) in [6, 6.07) is 10.2. The molecule has 0 aliphatic carbocycles. The molecule has 0 aromatic heterocycles. The van der Waals surface area contributed by atoms with Gasteiger partial charge in [0, 0.05) is 0 Å². The fraction of sp³-hybridized carbons (Fsp3) is 0.500. The SMILES string of the molecule is CC(C)(C)CC(NC(=O)CBr)c1ccccc1. The van der Waals surface area contributed by atoms with E-state index in [1.54, 1.807) is 0 Å². The van der Waals surface area contributed by atoms with E-state index in [4.69, 9.17) is 0 Å². The minimum absolute atomic E-state index is 0.0307. The van der Waals surface area contributed by atoms with Crippen LogP contribution in [0.15, 0.2) is 30.3 Å². The first-order chi connectivity index (χ1) is 7.92. The van der Waals surface area contributed by atoms with Crippen LogP contribution in [0.1, 0.15) is 38.8 Å². The first kappa shape index (κ1) is 14.2. The maximum absolute atomic E-state index is 11.5. The summed E-state index contributed by atoms with van der Waals surface area (Å²) in [5.74, 6) is 0.0307. The summed E-state index contributed by atoms with van der Waals surface area (Å²) < 4.78 is 0. The molecule has 1 unspecified atom stereocenters. The number of nitrogens with one attached hydrogen (secondary N) is 1. The van der Waals surface area contributed by atoms with Gasteiger partial charge in [-0.05, 0) is 17.4 Å². The van der Waals surface area contributed by atoms with Crippen LogP contribution in [0.3, 0.4) is 0 Å². The predicted molar refractivity (Wildman–Crippen MR) is 75.2 cm³/mol. The van der Waals surface area contributed by atoms with Gasteiger partial charge in [0.25, 0.3) is 0 Å². The molecule has 1 amide bonds. The fourth-order valence-corrected chi connectivity index (χ4v) is 1.94. The number of hydrogen-bond acceptors (Lipinski definition) is 1. The standard InChI is InChI=1S/C14H20BrNO/c1-14(2,3)9-12(16-13(17)10-15)11-7-5-4-6-8-11/h4-8,12H,9-10H2,1-3H3,(H,16,17). The molecule has 1 aromatic carbocycles. The summed E-state index contributed by atoms with van der Waals surface area (Å²) >= 11 is 3.18. The zero-order chi connectivity index (χ0) is 12.9. The second kappa shape index (κ2) is 6.20. The zero-order valence-corrected chi connectivity index (χ0v) is 12.3. The molecule has 0 bridgehead atoms. The van der Waals surface area contributed by atoms with E-state index in [9.17, 15) is 4.79 Å². The summed E-state index contributed by atoms with van der Waals surface area (Å²) in [6.45, 7) is 6.55. The van der Waals surface area contributed by atoms with Gasteiger partial charge in [0.2, 0.25) is 5.91 Å². The normalized spacial score (nSPS) is 13.2. The third-order valence-electron chi connectivity index (χ3n) is 2.48. The van der Waals surface area contributed by atoms with Crippen molar-refractivity contribution in [2.75, 3.05) is 5.33 Å². The van der Waals surface area contributed by atoms with Crippen LogP contribution in [0.25, 0.3) is 0 Å². The van der Waals surface area contributed by atoms with E-state index in [1.165, 1.54) is 0 Å². The van der Waals surface area contributed by atoms with E-state index < -0.39 is 0 Å². The maximum atomic E-state index is 11.5. The van der Waals surface area contributed by atoms with Crippen molar-refractivity contribution in [2.45, 2.75) is 33.2 Å². The van der Waals surface area contributed by atoms with Crippen LogP contribution in [0.2, 0.25) is 0 Å². The van der Waals surface area contributed by atoms with E-state index in [2.05, 4.69) is 54.2 Å². The summed E-state index contributed by atoms with van der Waals surface area (Å²) in [5, 5.41) is 3.40. The Labute approximate surface area is 112 Å². The van der Waals surface area contributed by atoms with Crippen LogP contribution in [0.4, 0.5) is 0 Å². The van der Waals surface area contributed by atoms with Gasteiger partial charge in [0.1, 0.15) is 0 Å². The number of rotatable bonds is 4. The van der Waals surface area contributed by atoms with Crippen molar-refractivity contribution in [3.8, 4) is 0 Å². The molecule has 1 N–H and O–H groups in total. The van der Waals surface area contributed by atoms with Crippen LogP contribution in [-0.4, -0.2) is 11.2 Å². The van der Waals surface area contributed by atoms with E-state index in [1.807, 2.05) is 18.2 Å². The van der Waals surface area contributed by atoms with Crippen molar-refractivity contribution in [3.63, 3.8) is 0 Å². The Balaban J connectivity index is 2.83. The van der Waals surface area contributed by atoms with Gasteiger partial charge < -0.3 is 5.32 Å². The molecule has 0 saturated heterocycles. The molecule has 2 nitrogen and oxygen atoms in total. The minimum atomic E-state index is 0.0307. The molecule has 0 spiro atoms. The number of halogens is 1. The van der Waals surface area contributed by atoms with Gasteiger partial charge in [-0.2, -0.15) is 0 Å². The van der Waals surface area contributed by atoms with Crippen LogP contribution in [-0.2, 0) is 4.79 Å². The summed E-state index contributed by atoms with van der Waals surface area (Å²) in [7, 11) is 0. The third kappa shape index (κ3) is 5.35. The number of carbonyl (C=O) groups is 1. The molecule has 0 aliphatic heterocycles. The Hall–Kier alpha value is -0.830. The lowest BCUT2D eigenvalue weighted by Gasteiger charge is -2.27.